The van der Waals surface area contributed by atoms with E-state index in [-0.39, 0.29) is 17.6 Å². The minimum Gasteiger partial charge on any atom is -0.497 e. The van der Waals surface area contributed by atoms with Crippen molar-refractivity contribution in [2.75, 3.05) is 25.5 Å². The number of imidazole rings is 1. The van der Waals surface area contributed by atoms with E-state index in [1.165, 1.54) is 6.07 Å². The summed E-state index contributed by atoms with van der Waals surface area (Å²) in [5.74, 6) is 1.33. The van der Waals surface area contributed by atoms with Crippen molar-refractivity contribution in [3.63, 3.8) is 0 Å². The Morgan fingerprint density at radius 3 is 2.81 bits per heavy atom. The first kappa shape index (κ1) is 20.1. The van der Waals surface area contributed by atoms with Gasteiger partial charge in [0.2, 0.25) is 0 Å². The third kappa shape index (κ3) is 3.66. The summed E-state index contributed by atoms with van der Waals surface area (Å²) in [7, 11) is 1.65. The average Bonchev–Trinajstić information content (AvgIpc) is 3.46. The van der Waals surface area contributed by atoms with Gasteiger partial charge in [0, 0.05) is 30.8 Å². The topological polar surface area (TPSA) is 58.9 Å². The van der Waals surface area contributed by atoms with Gasteiger partial charge in [0.25, 0.3) is 0 Å². The molecule has 162 valence electrons. The average molecular weight is 430 g/mol. The zero-order valence-corrected chi connectivity index (χ0v) is 17.7. The minimum atomic E-state index is -0.446. The van der Waals surface area contributed by atoms with Crippen molar-refractivity contribution in [2.24, 2.45) is 0 Å². The van der Waals surface area contributed by atoms with E-state index < -0.39 is 5.82 Å². The van der Waals surface area contributed by atoms with Gasteiger partial charge in [-0.1, -0.05) is 30.3 Å². The van der Waals surface area contributed by atoms with Crippen molar-refractivity contribution in [2.45, 2.75) is 12.3 Å². The number of rotatable bonds is 4. The van der Waals surface area contributed by atoms with E-state index in [0.29, 0.717) is 13.1 Å². The van der Waals surface area contributed by atoms with Crippen LogP contribution >= 0.6 is 0 Å². The standard InChI is InChI=1S/C25H23FN4O2/c1-32-19-8-6-7-17(15-19)23-22-11-4-5-13-30(22)24(28-23)18-12-14-29(16-18)25(31)27-21-10-3-2-9-20(21)26/h2-11,13,15,18H,12,14,16H2,1H3,(H,27,31)/t18-/m0/s1. The Kier molecular flexibility index (Phi) is 5.23. The minimum absolute atomic E-state index is 0.0793. The highest BCUT2D eigenvalue weighted by Gasteiger charge is 2.31. The number of para-hydroxylation sites is 1. The Morgan fingerprint density at radius 2 is 1.97 bits per heavy atom. The third-order valence-electron chi connectivity index (χ3n) is 5.87. The fourth-order valence-electron chi connectivity index (χ4n) is 4.24. The van der Waals surface area contributed by atoms with Crippen LogP contribution in [0.3, 0.4) is 0 Å². The van der Waals surface area contributed by atoms with Gasteiger partial charge in [-0.25, -0.2) is 14.2 Å². The van der Waals surface area contributed by atoms with Crippen LogP contribution in [0.15, 0.2) is 72.9 Å². The number of anilines is 1. The Morgan fingerprint density at radius 1 is 1.12 bits per heavy atom. The largest absolute Gasteiger partial charge is 0.497 e. The van der Waals surface area contributed by atoms with Gasteiger partial charge in [-0.05, 0) is 42.8 Å². The second kappa shape index (κ2) is 8.34. The molecule has 7 heteroatoms. The van der Waals surface area contributed by atoms with Crippen LogP contribution in [-0.4, -0.2) is 40.5 Å². The summed E-state index contributed by atoms with van der Waals surface area (Å²) < 4.78 is 21.4. The monoisotopic (exact) mass is 430 g/mol. The number of likely N-dealkylation sites (tertiary alicyclic amines) is 1. The van der Waals surface area contributed by atoms with Crippen molar-refractivity contribution in [1.82, 2.24) is 14.3 Å². The highest BCUT2D eigenvalue weighted by Crippen LogP contribution is 2.33. The highest BCUT2D eigenvalue weighted by molar-refractivity contribution is 5.89. The van der Waals surface area contributed by atoms with Crippen molar-refractivity contribution < 1.29 is 13.9 Å². The number of aromatic nitrogens is 2. The highest BCUT2D eigenvalue weighted by atomic mass is 19.1. The number of nitrogens with one attached hydrogen (secondary N) is 1. The zero-order valence-electron chi connectivity index (χ0n) is 17.7. The first-order chi connectivity index (χ1) is 15.6. The molecule has 1 saturated heterocycles. The maximum Gasteiger partial charge on any atom is 0.321 e. The number of halogens is 1. The number of urea groups is 1. The molecule has 1 atom stereocenters. The first-order valence-corrected chi connectivity index (χ1v) is 10.6. The van der Waals surface area contributed by atoms with Crippen LogP contribution in [0.4, 0.5) is 14.9 Å². The van der Waals surface area contributed by atoms with Crippen LogP contribution in [0.2, 0.25) is 0 Å². The molecule has 0 bridgehead atoms. The molecule has 0 aliphatic carbocycles. The van der Waals surface area contributed by atoms with Gasteiger partial charge in [-0.2, -0.15) is 0 Å². The summed E-state index contributed by atoms with van der Waals surface area (Å²) in [5, 5.41) is 2.68. The smallest absolute Gasteiger partial charge is 0.321 e. The maximum atomic E-state index is 13.9. The molecule has 1 fully saturated rings. The predicted molar refractivity (Wildman–Crippen MR) is 122 cm³/mol. The summed E-state index contributed by atoms with van der Waals surface area (Å²) in [6.45, 7) is 1.10. The molecule has 4 aromatic rings. The number of methoxy groups -OCH3 is 1. The number of carbonyl (C=O) groups excluding carboxylic acids is 1. The molecule has 0 saturated carbocycles. The lowest BCUT2D eigenvalue weighted by Gasteiger charge is -2.17. The number of hydrogen-bond acceptors (Lipinski definition) is 3. The zero-order chi connectivity index (χ0) is 22.1. The molecule has 3 heterocycles. The first-order valence-electron chi connectivity index (χ1n) is 10.6. The van der Waals surface area contributed by atoms with Crippen LogP contribution in [0.25, 0.3) is 16.8 Å². The summed E-state index contributed by atoms with van der Waals surface area (Å²) in [5.41, 5.74) is 3.05. The number of fused-ring (bicyclic) bond motifs is 1. The quantitative estimate of drug-likeness (QED) is 0.486. The van der Waals surface area contributed by atoms with Crippen LogP contribution in [0.1, 0.15) is 18.2 Å². The van der Waals surface area contributed by atoms with Crippen LogP contribution in [0, 0.1) is 5.82 Å². The second-order valence-electron chi connectivity index (χ2n) is 7.85. The molecule has 32 heavy (non-hydrogen) atoms. The Labute approximate surface area is 185 Å². The van der Waals surface area contributed by atoms with E-state index in [1.54, 1.807) is 30.2 Å². The number of ether oxygens (including phenoxy) is 1. The molecular weight excluding hydrogens is 407 g/mol. The SMILES string of the molecule is COc1cccc(-c2nc([C@H]3CCN(C(=O)Nc4ccccc4F)C3)n3ccccc23)c1. The van der Waals surface area contributed by atoms with Crippen molar-refractivity contribution in [1.29, 1.82) is 0 Å². The van der Waals surface area contributed by atoms with Gasteiger partial charge in [-0.3, -0.25) is 0 Å². The van der Waals surface area contributed by atoms with E-state index in [4.69, 9.17) is 9.72 Å². The lowest BCUT2D eigenvalue weighted by molar-refractivity contribution is 0.222. The van der Waals surface area contributed by atoms with Crippen molar-refractivity contribution >= 4 is 17.2 Å². The summed E-state index contributed by atoms with van der Waals surface area (Å²) >= 11 is 0. The van der Waals surface area contributed by atoms with Crippen LogP contribution in [-0.2, 0) is 0 Å². The van der Waals surface area contributed by atoms with Gasteiger partial charge in [-0.15, -0.1) is 0 Å². The van der Waals surface area contributed by atoms with Gasteiger partial charge in [0.15, 0.2) is 0 Å². The summed E-state index contributed by atoms with van der Waals surface area (Å²) in [6.07, 6.45) is 2.79. The van der Waals surface area contributed by atoms with E-state index in [1.807, 2.05) is 48.7 Å². The molecule has 2 aromatic carbocycles. The Balaban J connectivity index is 1.42. The number of benzene rings is 2. The molecule has 1 aliphatic heterocycles. The molecule has 0 unspecified atom stereocenters. The van der Waals surface area contributed by atoms with E-state index in [9.17, 15) is 9.18 Å². The maximum absolute atomic E-state index is 13.9. The Bertz CT molecular complexity index is 1290. The van der Waals surface area contributed by atoms with E-state index in [0.717, 1.165) is 34.8 Å². The molecule has 1 N–H and O–H groups in total. The molecule has 1 aliphatic rings. The lowest BCUT2D eigenvalue weighted by Crippen LogP contribution is -2.33. The van der Waals surface area contributed by atoms with Crippen molar-refractivity contribution in [3.8, 4) is 17.0 Å². The van der Waals surface area contributed by atoms with Gasteiger partial charge in [0.05, 0.1) is 24.0 Å². The van der Waals surface area contributed by atoms with Gasteiger partial charge in [0.1, 0.15) is 17.4 Å². The fraction of sp³-hybridized carbons (Fsp3) is 0.200. The lowest BCUT2D eigenvalue weighted by atomic mass is 10.1. The van der Waals surface area contributed by atoms with Crippen LogP contribution in [0.5, 0.6) is 5.75 Å². The van der Waals surface area contributed by atoms with E-state index in [2.05, 4.69) is 9.72 Å². The number of carbonyl (C=O) groups is 1. The molecule has 0 radical (unpaired) electrons. The van der Waals surface area contributed by atoms with Crippen LogP contribution < -0.4 is 10.1 Å². The Hall–Kier alpha value is -3.87. The molecular formula is C25H23FN4O2. The third-order valence-corrected chi connectivity index (χ3v) is 5.87. The summed E-state index contributed by atoms with van der Waals surface area (Å²) in [4.78, 5) is 19.4. The number of hydrogen-bond donors (Lipinski definition) is 1. The molecule has 2 aromatic heterocycles. The number of pyridine rings is 1. The van der Waals surface area contributed by atoms with E-state index >= 15 is 0 Å². The molecule has 6 nitrogen and oxygen atoms in total. The molecule has 0 spiro atoms. The number of nitrogens with zero attached hydrogens (tertiary/aromatic N) is 3. The van der Waals surface area contributed by atoms with Gasteiger partial charge >= 0.3 is 6.03 Å². The van der Waals surface area contributed by atoms with Crippen molar-refractivity contribution in [3.05, 3.63) is 84.6 Å². The normalized spacial score (nSPS) is 15.8. The number of amides is 2. The molecule has 5 rings (SSSR count). The fourth-order valence-corrected chi connectivity index (χ4v) is 4.24. The predicted octanol–water partition coefficient (Wildman–Crippen LogP) is 5.17. The second-order valence-corrected chi connectivity index (χ2v) is 7.85. The summed E-state index contributed by atoms with van der Waals surface area (Å²) in [6, 6.07) is 19.8. The van der Waals surface area contributed by atoms with Gasteiger partial charge < -0.3 is 19.4 Å². The molecule has 2 amide bonds.